The second-order valence-electron chi connectivity index (χ2n) is 8.28. The lowest BCUT2D eigenvalue weighted by Crippen LogP contribution is -2.25. The van der Waals surface area contributed by atoms with Crippen LogP contribution in [0.5, 0.6) is 11.5 Å². The SMILES string of the molecule is COc1ccc(/C(C)=C(\c2ccc(Cl)cc2)c2ccc(OCCN3CCCC3)cc2)cc1F. The molecule has 3 nitrogen and oxygen atoms in total. The smallest absolute Gasteiger partial charge is 0.165 e. The van der Waals surface area contributed by atoms with Crippen LogP contribution in [0, 0.1) is 5.82 Å². The van der Waals surface area contributed by atoms with Crippen molar-refractivity contribution in [3.8, 4) is 11.5 Å². The van der Waals surface area contributed by atoms with Gasteiger partial charge in [-0.2, -0.15) is 0 Å². The molecule has 1 fully saturated rings. The minimum atomic E-state index is -0.383. The summed E-state index contributed by atoms with van der Waals surface area (Å²) in [4.78, 5) is 2.44. The molecule has 0 radical (unpaired) electrons. The summed E-state index contributed by atoms with van der Waals surface area (Å²) in [6.45, 7) is 5.99. The molecule has 1 aliphatic heterocycles. The van der Waals surface area contributed by atoms with Gasteiger partial charge in [-0.15, -0.1) is 0 Å². The standard InChI is InChI=1S/C28H29ClFNO2/c1-20(23-9-14-27(32-2)26(30)19-23)28(21-5-10-24(29)11-6-21)22-7-12-25(13-8-22)33-18-17-31-15-3-4-16-31/h5-14,19H,3-4,15-18H2,1-2H3/b28-20+. The van der Waals surface area contributed by atoms with E-state index < -0.39 is 0 Å². The van der Waals surface area contributed by atoms with Crippen LogP contribution < -0.4 is 9.47 Å². The van der Waals surface area contributed by atoms with Crippen LogP contribution in [-0.4, -0.2) is 38.3 Å². The van der Waals surface area contributed by atoms with Gasteiger partial charge < -0.3 is 9.47 Å². The summed E-state index contributed by atoms with van der Waals surface area (Å²) in [7, 11) is 1.47. The molecule has 0 unspecified atom stereocenters. The molecule has 172 valence electrons. The van der Waals surface area contributed by atoms with Crippen molar-refractivity contribution >= 4 is 22.7 Å². The molecule has 0 bridgehead atoms. The van der Waals surface area contributed by atoms with Crippen LogP contribution in [0.25, 0.3) is 11.1 Å². The molecule has 0 aliphatic carbocycles. The van der Waals surface area contributed by atoms with Crippen LogP contribution in [-0.2, 0) is 0 Å². The molecule has 0 atom stereocenters. The minimum Gasteiger partial charge on any atom is -0.494 e. The molecular formula is C28H29ClFNO2. The van der Waals surface area contributed by atoms with E-state index in [-0.39, 0.29) is 11.6 Å². The van der Waals surface area contributed by atoms with E-state index >= 15 is 0 Å². The third-order valence-corrected chi connectivity index (χ3v) is 6.36. The molecule has 1 heterocycles. The molecule has 4 rings (SSSR count). The fourth-order valence-corrected chi connectivity index (χ4v) is 4.40. The highest BCUT2D eigenvalue weighted by Gasteiger charge is 2.14. The summed E-state index contributed by atoms with van der Waals surface area (Å²) >= 11 is 6.13. The zero-order valence-corrected chi connectivity index (χ0v) is 19.9. The van der Waals surface area contributed by atoms with Crippen molar-refractivity contribution in [2.75, 3.05) is 33.4 Å². The second kappa shape index (κ2) is 10.9. The quantitative estimate of drug-likeness (QED) is 0.336. The van der Waals surface area contributed by atoms with Crippen molar-refractivity contribution in [2.24, 2.45) is 0 Å². The first-order chi connectivity index (χ1) is 16.0. The molecular weight excluding hydrogens is 437 g/mol. The number of hydrogen-bond donors (Lipinski definition) is 0. The number of hydrogen-bond acceptors (Lipinski definition) is 3. The van der Waals surface area contributed by atoms with E-state index in [0.29, 0.717) is 11.6 Å². The van der Waals surface area contributed by atoms with Gasteiger partial charge in [0.05, 0.1) is 7.11 Å². The second-order valence-corrected chi connectivity index (χ2v) is 8.71. The summed E-state index contributed by atoms with van der Waals surface area (Å²) in [5.41, 5.74) is 4.80. The van der Waals surface area contributed by atoms with Crippen molar-refractivity contribution < 1.29 is 13.9 Å². The van der Waals surface area contributed by atoms with Gasteiger partial charge in [0.15, 0.2) is 11.6 Å². The molecule has 33 heavy (non-hydrogen) atoms. The summed E-state index contributed by atoms with van der Waals surface area (Å²) in [5.74, 6) is 0.697. The molecule has 1 saturated heterocycles. The summed E-state index contributed by atoms with van der Waals surface area (Å²) in [5, 5.41) is 0.674. The third kappa shape index (κ3) is 5.76. The largest absolute Gasteiger partial charge is 0.494 e. The summed E-state index contributed by atoms with van der Waals surface area (Å²) in [6.07, 6.45) is 2.57. The van der Waals surface area contributed by atoms with Crippen LogP contribution >= 0.6 is 11.6 Å². The highest BCUT2D eigenvalue weighted by atomic mass is 35.5. The monoisotopic (exact) mass is 465 g/mol. The molecule has 0 N–H and O–H groups in total. The molecule has 5 heteroatoms. The number of ether oxygens (including phenoxy) is 2. The van der Waals surface area contributed by atoms with Crippen LogP contribution in [0.2, 0.25) is 5.02 Å². The zero-order chi connectivity index (χ0) is 23.2. The zero-order valence-electron chi connectivity index (χ0n) is 19.1. The minimum absolute atomic E-state index is 0.232. The molecule has 3 aromatic rings. The maximum absolute atomic E-state index is 14.4. The molecule has 0 spiro atoms. The van der Waals surface area contributed by atoms with E-state index in [2.05, 4.69) is 17.0 Å². The van der Waals surface area contributed by atoms with Crippen molar-refractivity contribution in [2.45, 2.75) is 19.8 Å². The lowest BCUT2D eigenvalue weighted by Gasteiger charge is -2.17. The molecule has 0 aromatic heterocycles. The Bertz CT molecular complexity index is 1100. The molecule has 0 saturated carbocycles. The lowest BCUT2D eigenvalue weighted by molar-refractivity contribution is 0.238. The highest BCUT2D eigenvalue weighted by Crippen LogP contribution is 2.34. The Labute approximate surface area is 200 Å². The molecule has 0 amide bonds. The Kier molecular flexibility index (Phi) is 7.69. The van der Waals surface area contributed by atoms with Crippen LogP contribution in [0.1, 0.15) is 36.5 Å². The number of nitrogens with zero attached hydrogens (tertiary/aromatic N) is 1. The number of benzene rings is 3. The Morgan fingerprint density at radius 2 is 1.52 bits per heavy atom. The fraction of sp³-hybridized carbons (Fsp3) is 0.286. The number of likely N-dealkylation sites (tertiary alicyclic amines) is 1. The van der Waals surface area contributed by atoms with E-state index in [1.165, 1.54) is 39.1 Å². The van der Waals surface area contributed by atoms with Crippen LogP contribution in [0.3, 0.4) is 0 Å². The van der Waals surface area contributed by atoms with Gasteiger partial charge in [0.1, 0.15) is 12.4 Å². The number of allylic oxidation sites excluding steroid dienone is 1. The third-order valence-electron chi connectivity index (χ3n) is 6.11. The van der Waals surface area contributed by atoms with Crippen molar-refractivity contribution in [1.29, 1.82) is 0 Å². The van der Waals surface area contributed by atoms with Crippen LogP contribution in [0.4, 0.5) is 4.39 Å². The van der Waals surface area contributed by atoms with E-state index in [1.807, 2.05) is 49.4 Å². The predicted molar refractivity (Wildman–Crippen MR) is 134 cm³/mol. The first-order valence-electron chi connectivity index (χ1n) is 11.3. The van der Waals surface area contributed by atoms with Crippen molar-refractivity contribution in [3.05, 3.63) is 94.3 Å². The summed E-state index contributed by atoms with van der Waals surface area (Å²) < 4.78 is 25.5. The van der Waals surface area contributed by atoms with Crippen molar-refractivity contribution in [1.82, 2.24) is 4.90 Å². The normalized spacial score (nSPS) is 14.8. The van der Waals surface area contributed by atoms with Crippen molar-refractivity contribution in [3.63, 3.8) is 0 Å². The number of methoxy groups -OCH3 is 1. The average molecular weight is 466 g/mol. The molecule has 1 aliphatic rings. The van der Waals surface area contributed by atoms with Gasteiger partial charge >= 0.3 is 0 Å². The highest BCUT2D eigenvalue weighted by molar-refractivity contribution is 6.30. The predicted octanol–water partition coefficient (Wildman–Crippen LogP) is 6.94. The Morgan fingerprint density at radius 3 is 2.12 bits per heavy atom. The number of halogens is 2. The van der Waals surface area contributed by atoms with Gasteiger partial charge in [-0.25, -0.2) is 4.39 Å². The van der Waals surface area contributed by atoms with E-state index in [1.54, 1.807) is 6.07 Å². The van der Waals surface area contributed by atoms with Gasteiger partial charge in [0.25, 0.3) is 0 Å². The first kappa shape index (κ1) is 23.3. The van der Waals surface area contributed by atoms with Gasteiger partial charge in [-0.05, 0) is 97.1 Å². The topological polar surface area (TPSA) is 21.7 Å². The Hall–Kier alpha value is -2.82. The number of rotatable bonds is 8. The van der Waals surface area contributed by atoms with Gasteiger partial charge in [-0.1, -0.05) is 41.9 Å². The average Bonchev–Trinajstić information content (AvgIpc) is 3.35. The Morgan fingerprint density at radius 1 is 0.909 bits per heavy atom. The van der Waals surface area contributed by atoms with Crippen LogP contribution in [0.15, 0.2) is 66.7 Å². The van der Waals surface area contributed by atoms with Gasteiger partial charge in [0.2, 0.25) is 0 Å². The maximum atomic E-state index is 14.4. The van der Waals surface area contributed by atoms with Gasteiger partial charge in [0, 0.05) is 11.6 Å². The van der Waals surface area contributed by atoms with E-state index in [4.69, 9.17) is 21.1 Å². The first-order valence-corrected chi connectivity index (χ1v) is 11.7. The lowest BCUT2D eigenvalue weighted by atomic mass is 9.90. The van der Waals surface area contributed by atoms with E-state index in [0.717, 1.165) is 40.1 Å². The fourth-order valence-electron chi connectivity index (χ4n) is 4.28. The molecule has 3 aromatic carbocycles. The van der Waals surface area contributed by atoms with Gasteiger partial charge in [-0.3, -0.25) is 4.90 Å². The maximum Gasteiger partial charge on any atom is 0.165 e. The van der Waals surface area contributed by atoms with E-state index in [9.17, 15) is 4.39 Å². The Balaban J connectivity index is 1.62. The summed E-state index contributed by atoms with van der Waals surface area (Å²) in [6, 6.07) is 20.9.